The van der Waals surface area contributed by atoms with E-state index in [9.17, 15) is 19.6 Å². The van der Waals surface area contributed by atoms with Crippen molar-refractivity contribution in [2.24, 2.45) is 0 Å². The van der Waals surface area contributed by atoms with Crippen molar-refractivity contribution >= 4 is 25.1 Å². The van der Waals surface area contributed by atoms with Gasteiger partial charge in [-0.3, -0.25) is 9.32 Å². The number of nitrogens with two attached hydrogens (primary N) is 1. The van der Waals surface area contributed by atoms with Crippen LogP contribution >= 0.6 is 7.75 Å². The quantitative estimate of drug-likeness (QED) is 0.207. The van der Waals surface area contributed by atoms with Crippen LogP contribution in [0.4, 0.5) is 10.2 Å². The van der Waals surface area contributed by atoms with Gasteiger partial charge in [0.15, 0.2) is 5.82 Å². The van der Waals surface area contributed by atoms with Gasteiger partial charge in [-0.25, -0.2) is 18.5 Å². The first kappa shape index (κ1) is 28.9. The average molecular weight is 568 g/mol. The van der Waals surface area contributed by atoms with Gasteiger partial charge in [0.2, 0.25) is 0 Å². The van der Waals surface area contributed by atoms with E-state index in [1.54, 1.807) is 38.1 Å². The number of hydrogen-bond donors (Lipinski definition) is 4. The summed E-state index contributed by atoms with van der Waals surface area (Å²) in [5.41, 5.74) is 4.58. The maximum Gasteiger partial charge on any atom is 0.459 e. The summed E-state index contributed by atoms with van der Waals surface area (Å²) in [6.07, 6.45) is -3.21. The molecule has 3 aromatic rings. The molecule has 0 spiro atoms. The molecule has 0 amide bonds. The second-order valence-corrected chi connectivity index (χ2v) is 11.3. The van der Waals surface area contributed by atoms with Crippen molar-refractivity contribution in [3.05, 3.63) is 54.5 Å². The summed E-state index contributed by atoms with van der Waals surface area (Å²) in [5, 5.41) is 28.1. The topological polar surface area (TPSA) is 180 Å². The third-order valence-electron chi connectivity index (χ3n) is 6.13. The van der Waals surface area contributed by atoms with Crippen LogP contribution in [0.15, 0.2) is 48.8 Å². The summed E-state index contributed by atoms with van der Waals surface area (Å²) in [4.78, 5) is 16.2. The minimum atomic E-state index is -4.49. The summed E-state index contributed by atoms with van der Waals surface area (Å²) >= 11 is 0. The highest BCUT2D eigenvalue weighted by Crippen LogP contribution is 2.50. The van der Waals surface area contributed by atoms with Gasteiger partial charge in [0.25, 0.3) is 5.85 Å². The molecule has 0 aliphatic carbocycles. The zero-order chi connectivity index (χ0) is 28.6. The van der Waals surface area contributed by atoms with E-state index >= 15 is 4.39 Å². The highest BCUT2D eigenvalue weighted by Gasteiger charge is 2.63. The fourth-order valence-electron chi connectivity index (χ4n) is 4.16. The van der Waals surface area contributed by atoms with Crippen LogP contribution in [-0.2, 0) is 29.0 Å². The number of nitrogens with one attached hydrogen (secondary N) is 1. The predicted octanol–water partition coefficient (Wildman–Crippen LogP) is 2.08. The molecular formula is C24H31FN5O8P. The fraction of sp³-hybridized carbons (Fsp3) is 0.458. The molecule has 2 aromatic heterocycles. The Morgan fingerprint density at radius 1 is 1.23 bits per heavy atom. The number of fused-ring (bicyclic) bond motifs is 1. The van der Waals surface area contributed by atoms with Crippen LogP contribution in [-0.4, -0.2) is 67.6 Å². The Bertz CT molecular complexity index is 1380. The van der Waals surface area contributed by atoms with Crippen LogP contribution in [0.1, 0.15) is 33.4 Å². The van der Waals surface area contributed by atoms with Gasteiger partial charge in [-0.1, -0.05) is 18.2 Å². The van der Waals surface area contributed by atoms with Crippen LogP contribution in [0.3, 0.4) is 0 Å². The first-order chi connectivity index (χ1) is 18.3. The highest BCUT2D eigenvalue weighted by molar-refractivity contribution is 7.52. The molecule has 0 radical (unpaired) electrons. The molecule has 15 heteroatoms. The molecule has 3 heterocycles. The third kappa shape index (κ3) is 5.76. The number of esters is 1. The van der Waals surface area contributed by atoms with E-state index in [-0.39, 0.29) is 17.3 Å². The summed E-state index contributed by atoms with van der Waals surface area (Å²) in [5.74, 6) is -3.57. The predicted molar refractivity (Wildman–Crippen MR) is 136 cm³/mol. The van der Waals surface area contributed by atoms with Gasteiger partial charge in [-0.15, -0.1) is 0 Å². The molecule has 1 unspecified atom stereocenters. The second-order valence-electron chi connectivity index (χ2n) is 9.56. The summed E-state index contributed by atoms with van der Waals surface area (Å²) in [6, 6.07) is 9.74. The molecule has 1 aromatic carbocycles. The Kier molecular flexibility index (Phi) is 7.99. The molecule has 1 aliphatic rings. The third-order valence-corrected chi connectivity index (χ3v) is 7.76. The Morgan fingerprint density at radius 3 is 2.59 bits per heavy atom. The molecule has 1 fully saturated rings. The number of nitrogen functional groups attached to an aromatic ring is 1. The molecule has 4 rings (SSSR count). The zero-order valence-electron chi connectivity index (χ0n) is 21.7. The van der Waals surface area contributed by atoms with Crippen molar-refractivity contribution < 1.29 is 42.5 Å². The van der Waals surface area contributed by atoms with E-state index in [2.05, 4.69) is 15.2 Å². The van der Waals surface area contributed by atoms with Crippen LogP contribution in [0.25, 0.3) is 5.52 Å². The Labute approximate surface area is 223 Å². The maximum atomic E-state index is 16.1. The zero-order valence-corrected chi connectivity index (χ0v) is 22.6. The molecular weight excluding hydrogens is 536 g/mol. The molecule has 0 saturated carbocycles. The Hall–Kier alpha value is -3.13. The van der Waals surface area contributed by atoms with Gasteiger partial charge in [-0.05, 0) is 52.0 Å². The van der Waals surface area contributed by atoms with E-state index in [4.69, 9.17) is 24.3 Å². The van der Waals surface area contributed by atoms with Crippen LogP contribution in [0.5, 0.6) is 5.75 Å². The molecule has 1 saturated heterocycles. The highest BCUT2D eigenvalue weighted by atomic mass is 31.2. The fourth-order valence-corrected chi connectivity index (χ4v) is 5.67. The van der Waals surface area contributed by atoms with Crippen LogP contribution in [0.2, 0.25) is 0 Å². The van der Waals surface area contributed by atoms with E-state index in [0.717, 1.165) is 0 Å². The lowest BCUT2D eigenvalue weighted by Gasteiger charge is -2.29. The SMILES string of the molecule is CC(C)OC(=O)[C@@H](C)NP(=O)(OC[C@@]1(F)O[C@@](C)(c2ccc3c(N)ncnn23)[C@H](O)[C@@H]1O)Oc1ccccc1. The van der Waals surface area contributed by atoms with Gasteiger partial charge in [0.05, 0.1) is 11.8 Å². The number of benzene rings is 1. The lowest BCUT2D eigenvalue weighted by molar-refractivity contribution is -0.217. The van der Waals surface area contributed by atoms with Gasteiger partial charge in [-0.2, -0.15) is 10.2 Å². The van der Waals surface area contributed by atoms with Crippen molar-refractivity contribution in [1.82, 2.24) is 19.7 Å². The van der Waals surface area contributed by atoms with Crippen molar-refractivity contribution in [2.45, 2.75) is 63.5 Å². The number of ether oxygens (including phenoxy) is 2. The second kappa shape index (κ2) is 10.8. The van der Waals surface area contributed by atoms with Crippen molar-refractivity contribution in [3.63, 3.8) is 0 Å². The molecule has 0 bridgehead atoms. The summed E-state index contributed by atoms with van der Waals surface area (Å²) in [6.45, 7) is 4.86. The van der Waals surface area contributed by atoms with Gasteiger partial charge < -0.3 is 29.9 Å². The Balaban J connectivity index is 1.59. The largest absolute Gasteiger partial charge is 0.462 e. The number of halogens is 1. The van der Waals surface area contributed by atoms with Crippen LogP contribution < -0.4 is 15.3 Å². The number of hydrogen-bond acceptors (Lipinski definition) is 11. The lowest BCUT2D eigenvalue weighted by Crippen LogP contribution is -2.44. The lowest BCUT2D eigenvalue weighted by atomic mass is 9.93. The van der Waals surface area contributed by atoms with E-state index in [0.29, 0.717) is 5.52 Å². The van der Waals surface area contributed by atoms with Gasteiger partial charge in [0, 0.05) is 0 Å². The number of rotatable bonds is 10. The number of aliphatic hydroxyl groups excluding tert-OH is 2. The van der Waals surface area contributed by atoms with Crippen LogP contribution in [0, 0.1) is 0 Å². The number of nitrogens with zero attached hydrogens (tertiary/aromatic N) is 3. The standard InChI is InChI=1S/C24H31FN5O8P/c1-14(2)36-22(33)15(3)29-39(34,37-16-8-6-5-7-9-16)35-12-24(25)20(32)19(31)23(4,38-24)18-11-10-17-21(26)27-13-28-30(17)18/h5-11,13-15,19-20,31-32H,12H2,1-4H3,(H,29,34)(H2,26,27,28)/t15-,19-,20+,23+,24-,39?/m1/s1. The average Bonchev–Trinajstić information content (AvgIpc) is 3.39. The molecule has 5 N–H and O–H groups in total. The van der Waals surface area contributed by atoms with Crippen molar-refractivity contribution in [1.29, 1.82) is 0 Å². The number of carbonyl (C=O) groups excluding carboxylic acids is 1. The maximum absolute atomic E-state index is 16.1. The number of aliphatic hydroxyl groups is 2. The first-order valence-corrected chi connectivity index (χ1v) is 13.6. The molecule has 39 heavy (non-hydrogen) atoms. The normalized spacial score (nSPS) is 27.4. The molecule has 212 valence electrons. The molecule has 13 nitrogen and oxygen atoms in total. The number of carbonyl (C=O) groups is 1. The smallest absolute Gasteiger partial charge is 0.459 e. The Morgan fingerprint density at radius 2 is 1.92 bits per heavy atom. The number of aromatic nitrogens is 3. The van der Waals surface area contributed by atoms with Crippen molar-refractivity contribution in [2.75, 3.05) is 12.3 Å². The number of alkyl halides is 1. The minimum Gasteiger partial charge on any atom is -0.462 e. The first-order valence-electron chi connectivity index (χ1n) is 12.1. The molecule has 6 atom stereocenters. The van der Waals surface area contributed by atoms with Gasteiger partial charge in [0.1, 0.15) is 48.1 Å². The monoisotopic (exact) mass is 567 g/mol. The van der Waals surface area contributed by atoms with E-state index < -0.39 is 56.1 Å². The van der Waals surface area contributed by atoms with Crippen molar-refractivity contribution in [3.8, 4) is 5.75 Å². The van der Waals surface area contributed by atoms with E-state index in [1.807, 2.05) is 0 Å². The van der Waals surface area contributed by atoms with E-state index in [1.165, 1.54) is 42.9 Å². The number of para-hydroxylation sites is 1. The number of anilines is 1. The summed E-state index contributed by atoms with van der Waals surface area (Å²) in [7, 11) is -4.49. The van der Waals surface area contributed by atoms with Gasteiger partial charge >= 0.3 is 13.7 Å². The summed E-state index contributed by atoms with van der Waals surface area (Å²) < 4.78 is 52.7. The minimum absolute atomic E-state index is 0.0976. The molecule has 1 aliphatic heterocycles.